The van der Waals surface area contributed by atoms with Crippen molar-refractivity contribution in [2.75, 3.05) is 19.6 Å². The highest BCUT2D eigenvalue weighted by molar-refractivity contribution is 6.21. The zero-order valence-electron chi connectivity index (χ0n) is 16.4. The van der Waals surface area contributed by atoms with Crippen LogP contribution >= 0.6 is 0 Å². The molecule has 0 N–H and O–H groups in total. The molecule has 1 aliphatic carbocycles. The molecule has 1 aromatic rings. The standard InChI is InChI=1S/C21H24N2O5/c1-20(2,3)28-19(27)22-10-13(16(24)21(12-22)8-9-21)11-23-17(25)14-6-4-5-7-15(14)18(23)26/h4-7,13H,8-12H2,1-3H3. The van der Waals surface area contributed by atoms with Gasteiger partial charge in [0.25, 0.3) is 11.8 Å². The van der Waals surface area contributed by atoms with E-state index in [0.29, 0.717) is 17.7 Å². The molecule has 1 atom stereocenters. The molecule has 3 aliphatic rings. The molecule has 0 aromatic heterocycles. The average molecular weight is 384 g/mol. The van der Waals surface area contributed by atoms with Gasteiger partial charge in [0.1, 0.15) is 11.4 Å². The van der Waals surface area contributed by atoms with Crippen molar-refractivity contribution in [2.45, 2.75) is 39.2 Å². The summed E-state index contributed by atoms with van der Waals surface area (Å²) in [4.78, 5) is 53.6. The summed E-state index contributed by atoms with van der Waals surface area (Å²) >= 11 is 0. The van der Waals surface area contributed by atoms with Crippen LogP contribution in [0.3, 0.4) is 0 Å². The number of hydrogen-bond donors (Lipinski definition) is 0. The van der Waals surface area contributed by atoms with Gasteiger partial charge in [-0.2, -0.15) is 0 Å². The highest BCUT2D eigenvalue weighted by Gasteiger charge is 2.57. The molecule has 1 unspecified atom stereocenters. The van der Waals surface area contributed by atoms with E-state index in [9.17, 15) is 19.2 Å². The van der Waals surface area contributed by atoms with Crippen molar-refractivity contribution in [3.8, 4) is 0 Å². The van der Waals surface area contributed by atoms with Crippen molar-refractivity contribution in [1.29, 1.82) is 0 Å². The molecular weight excluding hydrogens is 360 g/mol. The molecular formula is C21H24N2O5. The van der Waals surface area contributed by atoms with E-state index in [1.54, 1.807) is 49.9 Å². The van der Waals surface area contributed by atoms with Gasteiger partial charge < -0.3 is 9.64 Å². The quantitative estimate of drug-likeness (QED) is 0.732. The molecule has 148 valence electrons. The third-order valence-corrected chi connectivity index (χ3v) is 5.61. The van der Waals surface area contributed by atoms with Gasteiger partial charge in [0, 0.05) is 25.0 Å². The molecule has 7 nitrogen and oxygen atoms in total. The van der Waals surface area contributed by atoms with E-state index >= 15 is 0 Å². The second-order valence-corrected chi connectivity index (χ2v) is 8.97. The summed E-state index contributed by atoms with van der Waals surface area (Å²) in [7, 11) is 0. The fourth-order valence-electron chi connectivity index (χ4n) is 4.08. The summed E-state index contributed by atoms with van der Waals surface area (Å²) in [5, 5.41) is 0. The Kier molecular flexibility index (Phi) is 4.10. The predicted molar refractivity (Wildman–Crippen MR) is 99.8 cm³/mol. The van der Waals surface area contributed by atoms with Crippen LogP contribution in [0.4, 0.5) is 4.79 Å². The summed E-state index contributed by atoms with van der Waals surface area (Å²) in [6, 6.07) is 6.66. The van der Waals surface area contributed by atoms with E-state index in [1.807, 2.05) is 0 Å². The molecule has 7 heteroatoms. The van der Waals surface area contributed by atoms with E-state index in [2.05, 4.69) is 0 Å². The van der Waals surface area contributed by atoms with Gasteiger partial charge in [-0.15, -0.1) is 0 Å². The molecule has 0 radical (unpaired) electrons. The third-order valence-electron chi connectivity index (χ3n) is 5.61. The molecule has 1 saturated heterocycles. The number of fused-ring (bicyclic) bond motifs is 1. The molecule has 1 saturated carbocycles. The zero-order valence-corrected chi connectivity index (χ0v) is 16.4. The fraction of sp³-hybridized carbons (Fsp3) is 0.524. The first-order valence-corrected chi connectivity index (χ1v) is 9.59. The van der Waals surface area contributed by atoms with Crippen LogP contribution in [0.1, 0.15) is 54.3 Å². The largest absolute Gasteiger partial charge is 0.444 e. The average Bonchev–Trinajstić information content (AvgIpc) is 3.36. The van der Waals surface area contributed by atoms with Crippen LogP contribution < -0.4 is 0 Å². The molecule has 3 amide bonds. The monoisotopic (exact) mass is 384 g/mol. The number of piperidine rings is 1. The molecule has 28 heavy (non-hydrogen) atoms. The molecule has 1 spiro atoms. The summed E-state index contributed by atoms with van der Waals surface area (Å²) in [5.41, 5.74) is -0.451. The molecule has 2 aliphatic heterocycles. The third kappa shape index (κ3) is 3.08. The van der Waals surface area contributed by atoms with Gasteiger partial charge in [-0.1, -0.05) is 12.1 Å². The number of ether oxygens (including phenoxy) is 1. The van der Waals surface area contributed by atoms with Crippen LogP contribution in [-0.4, -0.2) is 58.7 Å². The Labute approximate surface area is 163 Å². The lowest BCUT2D eigenvalue weighted by Crippen LogP contribution is -2.54. The van der Waals surface area contributed by atoms with Gasteiger partial charge in [-0.3, -0.25) is 19.3 Å². The lowest BCUT2D eigenvalue weighted by Gasteiger charge is -2.38. The van der Waals surface area contributed by atoms with Crippen LogP contribution in [0.15, 0.2) is 24.3 Å². The van der Waals surface area contributed by atoms with E-state index < -0.39 is 23.0 Å². The van der Waals surface area contributed by atoms with Crippen LogP contribution in [0.25, 0.3) is 0 Å². The minimum atomic E-state index is -0.632. The normalized spacial score (nSPS) is 23.2. The maximum Gasteiger partial charge on any atom is 0.410 e. The van der Waals surface area contributed by atoms with Crippen molar-refractivity contribution >= 4 is 23.7 Å². The van der Waals surface area contributed by atoms with Crippen LogP contribution in [0.5, 0.6) is 0 Å². The van der Waals surface area contributed by atoms with Crippen LogP contribution in [0, 0.1) is 11.3 Å². The number of amides is 3. The van der Waals surface area contributed by atoms with E-state index in [1.165, 1.54) is 0 Å². The first-order chi connectivity index (χ1) is 13.1. The summed E-state index contributed by atoms with van der Waals surface area (Å²) in [5.74, 6) is -1.31. The Balaban J connectivity index is 1.54. The van der Waals surface area contributed by atoms with Gasteiger partial charge >= 0.3 is 6.09 Å². The minimum Gasteiger partial charge on any atom is -0.444 e. The Morgan fingerprint density at radius 3 is 2.18 bits per heavy atom. The highest BCUT2D eigenvalue weighted by Crippen LogP contribution is 2.51. The number of ketones is 1. The van der Waals surface area contributed by atoms with Crippen LogP contribution in [-0.2, 0) is 9.53 Å². The summed E-state index contributed by atoms with van der Waals surface area (Å²) in [6.07, 6.45) is 0.992. The molecule has 2 fully saturated rings. The van der Waals surface area contributed by atoms with Gasteiger partial charge in [0.05, 0.1) is 17.0 Å². The number of Topliss-reactive ketones (excluding diaryl/α,β-unsaturated/α-hetero) is 1. The molecule has 0 bridgehead atoms. The summed E-state index contributed by atoms with van der Waals surface area (Å²) in [6.45, 7) is 5.88. The topological polar surface area (TPSA) is 84.0 Å². The van der Waals surface area contributed by atoms with Gasteiger partial charge in [0.15, 0.2) is 0 Å². The lowest BCUT2D eigenvalue weighted by molar-refractivity contribution is -0.133. The highest BCUT2D eigenvalue weighted by atomic mass is 16.6. The second kappa shape index (κ2) is 6.15. The Morgan fingerprint density at radius 2 is 1.68 bits per heavy atom. The van der Waals surface area contributed by atoms with Crippen molar-refractivity contribution < 1.29 is 23.9 Å². The van der Waals surface area contributed by atoms with Gasteiger partial charge in [-0.05, 0) is 45.7 Å². The van der Waals surface area contributed by atoms with Crippen molar-refractivity contribution in [2.24, 2.45) is 11.3 Å². The number of benzene rings is 1. The first-order valence-electron chi connectivity index (χ1n) is 9.59. The number of hydrogen-bond acceptors (Lipinski definition) is 5. The van der Waals surface area contributed by atoms with E-state index in [0.717, 1.165) is 17.7 Å². The van der Waals surface area contributed by atoms with E-state index in [-0.39, 0.29) is 30.7 Å². The first kappa shape index (κ1) is 18.7. The second-order valence-electron chi connectivity index (χ2n) is 8.97. The number of imide groups is 1. The van der Waals surface area contributed by atoms with Crippen molar-refractivity contribution in [3.05, 3.63) is 35.4 Å². The molecule has 2 heterocycles. The fourth-order valence-corrected chi connectivity index (χ4v) is 4.08. The maximum absolute atomic E-state index is 13.0. The number of nitrogens with zero attached hydrogens (tertiary/aromatic N) is 2. The van der Waals surface area contributed by atoms with E-state index in [4.69, 9.17) is 4.74 Å². The number of likely N-dealkylation sites (tertiary alicyclic amines) is 1. The van der Waals surface area contributed by atoms with Gasteiger partial charge in [0.2, 0.25) is 0 Å². The smallest absolute Gasteiger partial charge is 0.410 e. The minimum absolute atomic E-state index is 0.00771. The van der Waals surface area contributed by atoms with Crippen molar-refractivity contribution in [3.63, 3.8) is 0 Å². The SMILES string of the molecule is CC(C)(C)OC(=O)N1CC(CN2C(=O)c3ccccc3C2=O)C(=O)C2(CC2)C1. The zero-order chi connectivity index (χ0) is 20.3. The lowest BCUT2D eigenvalue weighted by atomic mass is 9.85. The number of carbonyl (C=O) groups is 4. The Morgan fingerprint density at radius 1 is 1.11 bits per heavy atom. The van der Waals surface area contributed by atoms with Gasteiger partial charge in [-0.25, -0.2) is 4.79 Å². The van der Waals surface area contributed by atoms with Crippen molar-refractivity contribution in [1.82, 2.24) is 9.80 Å². The molecule has 4 rings (SSSR count). The predicted octanol–water partition coefficient (Wildman–Crippen LogP) is 2.50. The maximum atomic E-state index is 13.0. The Bertz CT molecular complexity index is 846. The number of carbonyl (C=O) groups excluding carboxylic acids is 4. The summed E-state index contributed by atoms with van der Waals surface area (Å²) < 4.78 is 5.47. The molecule has 1 aromatic carbocycles. The van der Waals surface area contributed by atoms with Crippen LogP contribution in [0.2, 0.25) is 0 Å². The Hall–Kier alpha value is -2.70. The number of rotatable bonds is 2.